The molecular weight excluding hydrogens is 388 g/mol. The fourth-order valence-corrected chi connectivity index (χ4v) is 4.50. The third-order valence-electron chi connectivity index (χ3n) is 4.61. The van der Waals surface area contributed by atoms with E-state index < -0.39 is 33.0 Å². The number of thiophene rings is 1. The van der Waals surface area contributed by atoms with Gasteiger partial charge in [0.15, 0.2) is 0 Å². The number of aryl methyl sites for hydroxylation is 1. The Kier molecular flexibility index (Phi) is 5.10. The van der Waals surface area contributed by atoms with E-state index in [1.807, 2.05) is 0 Å². The SMILES string of the molecule is CC1CCc2sc(NC(=O)c3ccc([N+](=O)[O-])cc3[N+](=O)[O-])c(C(N)=O)c2C1. The molecule has 1 unspecified atom stereocenters. The summed E-state index contributed by atoms with van der Waals surface area (Å²) in [5.41, 5.74) is 5.01. The topological polar surface area (TPSA) is 158 Å². The average molecular weight is 404 g/mol. The Bertz CT molecular complexity index is 1020. The van der Waals surface area contributed by atoms with E-state index in [1.165, 1.54) is 11.3 Å². The molecule has 0 fully saturated rings. The first-order chi connectivity index (χ1) is 13.2. The van der Waals surface area contributed by atoms with Crippen molar-refractivity contribution in [1.29, 1.82) is 0 Å². The highest BCUT2D eigenvalue weighted by atomic mass is 32.1. The van der Waals surface area contributed by atoms with E-state index in [9.17, 15) is 29.8 Å². The summed E-state index contributed by atoms with van der Waals surface area (Å²) in [5.74, 6) is -1.14. The number of nitro benzene ring substituents is 2. The normalized spacial score (nSPS) is 15.5. The van der Waals surface area contributed by atoms with Crippen LogP contribution >= 0.6 is 11.3 Å². The van der Waals surface area contributed by atoms with Gasteiger partial charge in [-0.1, -0.05) is 6.92 Å². The maximum Gasteiger partial charge on any atom is 0.289 e. The molecule has 10 nitrogen and oxygen atoms in total. The van der Waals surface area contributed by atoms with E-state index in [4.69, 9.17) is 5.73 Å². The van der Waals surface area contributed by atoms with Gasteiger partial charge in [0, 0.05) is 10.9 Å². The van der Waals surface area contributed by atoms with Gasteiger partial charge in [0.1, 0.15) is 10.6 Å². The summed E-state index contributed by atoms with van der Waals surface area (Å²) in [6, 6.07) is 2.76. The first kappa shape index (κ1) is 19.4. The van der Waals surface area contributed by atoms with Crippen molar-refractivity contribution < 1.29 is 19.4 Å². The van der Waals surface area contributed by atoms with Crippen LogP contribution in [0, 0.1) is 26.1 Å². The van der Waals surface area contributed by atoms with Crippen LogP contribution in [0.4, 0.5) is 16.4 Å². The standard InChI is InChI=1S/C17H16N4O6S/c1-8-2-5-13-11(6-8)14(15(18)22)17(28-13)19-16(23)10-4-3-9(20(24)25)7-12(10)21(26)27/h3-4,7-8H,2,5-6H2,1H3,(H2,18,22)(H,19,23). The minimum atomic E-state index is -0.863. The monoisotopic (exact) mass is 404 g/mol. The number of nitrogens with zero attached hydrogens (tertiary/aromatic N) is 2. The Labute approximate surface area is 162 Å². The second-order valence-corrected chi connectivity index (χ2v) is 7.70. The van der Waals surface area contributed by atoms with Gasteiger partial charge in [-0.3, -0.25) is 29.8 Å². The third kappa shape index (κ3) is 3.56. The number of nitrogens with one attached hydrogen (secondary N) is 1. The maximum absolute atomic E-state index is 12.6. The zero-order valence-electron chi connectivity index (χ0n) is 14.8. The summed E-state index contributed by atoms with van der Waals surface area (Å²) >= 11 is 1.23. The first-order valence-corrected chi connectivity index (χ1v) is 9.19. The lowest BCUT2D eigenvalue weighted by Crippen LogP contribution is -2.20. The number of rotatable bonds is 5. The molecule has 1 atom stereocenters. The van der Waals surface area contributed by atoms with E-state index in [-0.39, 0.29) is 16.1 Å². The summed E-state index contributed by atoms with van der Waals surface area (Å²) in [6.45, 7) is 2.06. The zero-order chi connectivity index (χ0) is 20.6. The Morgan fingerprint density at radius 1 is 1.25 bits per heavy atom. The molecule has 1 aromatic carbocycles. The summed E-state index contributed by atoms with van der Waals surface area (Å²) < 4.78 is 0. The third-order valence-corrected chi connectivity index (χ3v) is 5.82. The zero-order valence-corrected chi connectivity index (χ0v) is 15.6. The molecule has 1 aliphatic rings. The van der Waals surface area contributed by atoms with Crippen LogP contribution in [0.2, 0.25) is 0 Å². The van der Waals surface area contributed by atoms with Crippen LogP contribution in [0.15, 0.2) is 18.2 Å². The van der Waals surface area contributed by atoms with Gasteiger partial charge >= 0.3 is 0 Å². The number of hydrogen-bond acceptors (Lipinski definition) is 7. The van der Waals surface area contributed by atoms with Gasteiger partial charge in [-0.05, 0) is 36.8 Å². The molecule has 1 heterocycles. The smallest absolute Gasteiger partial charge is 0.289 e. The molecule has 2 amide bonds. The number of primary amides is 1. The number of benzene rings is 1. The van der Waals surface area contributed by atoms with Gasteiger partial charge in [-0.15, -0.1) is 11.3 Å². The van der Waals surface area contributed by atoms with Crippen molar-refractivity contribution in [3.05, 3.63) is 60.0 Å². The number of nitrogens with two attached hydrogens (primary N) is 1. The number of fused-ring (bicyclic) bond motifs is 1. The minimum absolute atomic E-state index is 0.226. The van der Waals surface area contributed by atoms with Crippen molar-refractivity contribution in [1.82, 2.24) is 0 Å². The number of carbonyl (C=O) groups is 2. The number of carbonyl (C=O) groups excluding carboxylic acids is 2. The second-order valence-electron chi connectivity index (χ2n) is 6.59. The molecule has 0 bridgehead atoms. The molecule has 1 aliphatic carbocycles. The summed E-state index contributed by atoms with van der Waals surface area (Å²) in [5, 5.41) is 24.9. The molecule has 3 N–H and O–H groups in total. The van der Waals surface area contributed by atoms with Crippen molar-refractivity contribution in [3.63, 3.8) is 0 Å². The number of anilines is 1. The summed E-state index contributed by atoms with van der Waals surface area (Å²) in [4.78, 5) is 46.0. The van der Waals surface area contributed by atoms with Crippen LogP contribution < -0.4 is 11.1 Å². The fourth-order valence-electron chi connectivity index (χ4n) is 3.25. The summed E-state index contributed by atoms with van der Waals surface area (Å²) in [6.07, 6.45) is 2.37. The van der Waals surface area contributed by atoms with E-state index in [0.717, 1.165) is 41.5 Å². The van der Waals surface area contributed by atoms with Crippen LogP contribution in [0.25, 0.3) is 0 Å². The van der Waals surface area contributed by atoms with Gasteiger partial charge in [-0.25, -0.2) is 0 Å². The van der Waals surface area contributed by atoms with Crippen molar-refractivity contribution in [3.8, 4) is 0 Å². The molecule has 28 heavy (non-hydrogen) atoms. The van der Waals surface area contributed by atoms with E-state index in [1.54, 1.807) is 0 Å². The molecule has 11 heteroatoms. The molecule has 3 rings (SSSR count). The Morgan fingerprint density at radius 3 is 2.57 bits per heavy atom. The molecule has 146 valence electrons. The van der Waals surface area contributed by atoms with Crippen molar-refractivity contribution in [2.45, 2.75) is 26.2 Å². The molecule has 0 radical (unpaired) electrons. The van der Waals surface area contributed by atoms with Crippen LogP contribution in [-0.2, 0) is 12.8 Å². The number of hydrogen-bond donors (Lipinski definition) is 2. The number of amides is 2. The van der Waals surface area contributed by atoms with Crippen molar-refractivity contribution in [2.75, 3.05) is 5.32 Å². The predicted molar refractivity (Wildman–Crippen MR) is 102 cm³/mol. The lowest BCUT2D eigenvalue weighted by Gasteiger charge is -2.18. The summed E-state index contributed by atoms with van der Waals surface area (Å²) in [7, 11) is 0. The first-order valence-electron chi connectivity index (χ1n) is 8.37. The quantitative estimate of drug-likeness (QED) is 0.575. The largest absolute Gasteiger partial charge is 0.365 e. The van der Waals surface area contributed by atoms with E-state index in [2.05, 4.69) is 12.2 Å². The highest BCUT2D eigenvalue weighted by molar-refractivity contribution is 7.17. The predicted octanol–water partition coefficient (Wildman–Crippen LogP) is 3.04. The lowest BCUT2D eigenvalue weighted by molar-refractivity contribution is -0.394. The average Bonchev–Trinajstić information content (AvgIpc) is 2.97. The van der Waals surface area contributed by atoms with Gasteiger partial charge in [-0.2, -0.15) is 0 Å². The van der Waals surface area contributed by atoms with Crippen LogP contribution in [0.1, 0.15) is 44.5 Å². The fraction of sp³-hybridized carbons (Fsp3) is 0.294. The van der Waals surface area contributed by atoms with Crippen molar-refractivity contribution >= 4 is 39.5 Å². The van der Waals surface area contributed by atoms with Crippen molar-refractivity contribution in [2.24, 2.45) is 11.7 Å². The molecular formula is C17H16N4O6S. The van der Waals surface area contributed by atoms with Crippen LogP contribution in [-0.4, -0.2) is 21.7 Å². The Balaban J connectivity index is 1.99. The lowest BCUT2D eigenvalue weighted by atomic mass is 9.87. The van der Waals surface area contributed by atoms with Gasteiger partial charge < -0.3 is 11.1 Å². The Hall–Kier alpha value is -3.34. The number of nitro groups is 2. The molecule has 0 spiro atoms. The molecule has 0 saturated carbocycles. The second kappa shape index (κ2) is 7.35. The molecule has 1 aromatic heterocycles. The van der Waals surface area contributed by atoms with E-state index >= 15 is 0 Å². The van der Waals surface area contributed by atoms with Crippen LogP contribution in [0.3, 0.4) is 0 Å². The van der Waals surface area contributed by atoms with E-state index in [0.29, 0.717) is 12.3 Å². The Morgan fingerprint density at radius 2 is 1.96 bits per heavy atom. The molecule has 0 saturated heterocycles. The maximum atomic E-state index is 12.6. The minimum Gasteiger partial charge on any atom is -0.365 e. The molecule has 0 aliphatic heterocycles. The highest BCUT2D eigenvalue weighted by Crippen LogP contribution is 2.40. The highest BCUT2D eigenvalue weighted by Gasteiger charge is 2.29. The van der Waals surface area contributed by atoms with Gasteiger partial charge in [0.05, 0.1) is 21.5 Å². The molecule has 2 aromatic rings. The number of non-ortho nitro benzene ring substituents is 1. The van der Waals surface area contributed by atoms with Gasteiger partial charge in [0.2, 0.25) is 0 Å². The van der Waals surface area contributed by atoms with Gasteiger partial charge in [0.25, 0.3) is 23.2 Å². The van der Waals surface area contributed by atoms with Crippen LogP contribution in [0.5, 0.6) is 0 Å².